The van der Waals surface area contributed by atoms with Crippen molar-refractivity contribution < 1.29 is 0 Å². The Hall–Kier alpha value is -0.570. The van der Waals surface area contributed by atoms with E-state index in [4.69, 9.17) is 0 Å². The fourth-order valence-electron chi connectivity index (χ4n) is 2.04. The molecule has 3 heteroatoms. The van der Waals surface area contributed by atoms with Gasteiger partial charge in [0, 0.05) is 30.2 Å². The molecule has 0 fully saturated rings. The van der Waals surface area contributed by atoms with Gasteiger partial charge in [-0.15, -0.1) is 0 Å². The Morgan fingerprint density at radius 2 is 2.00 bits per heavy atom. The number of alkyl halides is 1. The molecule has 0 amide bonds. The molecule has 1 heterocycles. The SMILES string of the molecule is CCC(CC)CN(CC)c1ncccc1CBr. The maximum Gasteiger partial charge on any atom is 0.132 e. The van der Waals surface area contributed by atoms with Crippen molar-refractivity contribution in [1.82, 2.24) is 4.98 Å². The van der Waals surface area contributed by atoms with Gasteiger partial charge in [0.05, 0.1) is 0 Å². The summed E-state index contributed by atoms with van der Waals surface area (Å²) >= 11 is 3.54. The summed E-state index contributed by atoms with van der Waals surface area (Å²) in [4.78, 5) is 6.94. The second kappa shape index (κ2) is 7.70. The monoisotopic (exact) mass is 298 g/mol. The fraction of sp³-hybridized carbons (Fsp3) is 0.643. The van der Waals surface area contributed by atoms with Gasteiger partial charge in [0.15, 0.2) is 0 Å². The molecule has 1 aromatic rings. The maximum absolute atomic E-state index is 4.54. The van der Waals surface area contributed by atoms with E-state index in [0.717, 1.165) is 30.2 Å². The minimum Gasteiger partial charge on any atom is -0.356 e. The third-order valence-corrected chi connectivity index (χ3v) is 3.93. The maximum atomic E-state index is 4.54. The summed E-state index contributed by atoms with van der Waals surface area (Å²) in [7, 11) is 0. The zero-order valence-electron chi connectivity index (χ0n) is 11.1. The molecule has 0 spiro atoms. The first-order chi connectivity index (χ1) is 8.26. The first kappa shape index (κ1) is 14.5. The largest absolute Gasteiger partial charge is 0.356 e. The van der Waals surface area contributed by atoms with Crippen LogP contribution in [0.15, 0.2) is 18.3 Å². The van der Waals surface area contributed by atoms with Crippen LogP contribution in [0.1, 0.15) is 39.2 Å². The van der Waals surface area contributed by atoms with Gasteiger partial charge >= 0.3 is 0 Å². The molecule has 0 aliphatic heterocycles. The van der Waals surface area contributed by atoms with E-state index in [-0.39, 0.29) is 0 Å². The molecule has 0 N–H and O–H groups in total. The number of halogens is 1. The van der Waals surface area contributed by atoms with Crippen molar-refractivity contribution in [3.05, 3.63) is 23.9 Å². The lowest BCUT2D eigenvalue weighted by Crippen LogP contribution is -2.30. The van der Waals surface area contributed by atoms with Crippen molar-refractivity contribution in [1.29, 1.82) is 0 Å². The van der Waals surface area contributed by atoms with Gasteiger partial charge in [0.2, 0.25) is 0 Å². The summed E-state index contributed by atoms with van der Waals surface area (Å²) in [6.45, 7) is 8.88. The third kappa shape index (κ3) is 3.98. The van der Waals surface area contributed by atoms with Gasteiger partial charge in [-0.2, -0.15) is 0 Å². The van der Waals surface area contributed by atoms with Crippen LogP contribution in [0, 0.1) is 5.92 Å². The Morgan fingerprint density at radius 3 is 2.53 bits per heavy atom. The minimum atomic E-state index is 0.764. The summed E-state index contributed by atoms with van der Waals surface area (Å²) in [6.07, 6.45) is 4.37. The van der Waals surface area contributed by atoms with Crippen LogP contribution < -0.4 is 4.90 Å². The predicted octanol–water partition coefficient (Wildman–Crippen LogP) is 4.24. The van der Waals surface area contributed by atoms with Crippen molar-refractivity contribution >= 4 is 21.7 Å². The van der Waals surface area contributed by atoms with Crippen molar-refractivity contribution in [3.8, 4) is 0 Å². The lowest BCUT2D eigenvalue weighted by atomic mass is 10.0. The minimum absolute atomic E-state index is 0.764. The first-order valence-electron chi connectivity index (χ1n) is 6.51. The fourth-order valence-corrected chi connectivity index (χ4v) is 2.48. The highest BCUT2D eigenvalue weighted by Crippen LogP contribution is 2.22. The van der Waals surface area contributed by atoms with Crippen LogP contribution in [0.25, 0.3) is 0 Å². The lowest BCUT2D eigenvalue weighted by molar-refractivity contribution is 0.484. The molecule has 2 nitrogen and oxygen atoms in total. The summed E-state index contributed by atoms with van der Waals surface area (Å²) in [6, 6.07) is 4.15. The molecule has 1 rings (SSSR count). The summed E-state index contributed by atoms with van der Waals surface area (Å²) in [5.74, 6) is 1.90. The number of hydrogen-bond acceptors (Lipinski definition) is 2. The normalized spacial score (nSPS) is 10.9. The Morgan fingerprint density at radius 1 is 1.29 bits per heavy atom. The Kier molecular flexibility index (Phi) is 6.56. The van der Waals surface area contributed by atoms with Crippen LogP contribution in [-0.4, -0.2) is 18.1 Å². The van der Waals surface area contributed by atoms with Gasteiger partial charge < -0.3 is 4.90 Å². The van der Waals surface area contributed by atoms with E-state index in [2.05, 4.69) is 52.7 Å². The van der Waals surface area contributed by atoms with E-state index in [0.29, 0.717) is 0 Å². The molecule has 0 unspecified atom stereocenters. The van der Waals surface area contributed by atoms with Crippen LogP contribution >= 0.6 is 15.9 Å². The summed E-state index contributed by atoms with van der Waals surface area (Å²) < 4.78 is 0. The average molecular weight is 299 g/mol. The van der Waals surface area contributed by atoms with E-state index >= 15 is 0 Å². The summed E-state index contributed by atoms with van der Waals surface area (Å²) in [5, 5.41) is 0.871. The van der Waals surface area contributed by atoms with E-state index in [1.165, 1.54) is 18.4 Å². The van der Waals surface area contributed by atoms with Gasteiger partial charge in [-0.05, 0) is 18.9 Å². The predicted molar refractivity (Wildman–Crippen MR) is 78.8 cm³/mol. The van der Waals surface area contributed by atoms with Crippen LogP contribution in [-0.2, 0) is 5.33 Å². The highest BCUT2D eigenvalue weighted by Gasteiger charge is 2.14. The quantitative estimate of drug-likeness (QED) is 0.700. The molecular formula is C14H23BrN2. The Balaban J connectivity index is 2.85. The number of anilines is 1. The van der Waals surface area contributed by atoms with Crippen LogP contribution in [0.3, 0.4) is 0 Å². The summed E-state index contributed by atoms with van der Waals surface area (Å²) in [5.41, 5.74) is 1.28. The molecule has 1 aromatic heterocycles. The second-order valence-corrected chi connectivity index (χ2v) is 4.90. The number of hydrogen-bond donors (Lipinski definition) is 0. The Bertz CT molecular complexity index is 324. The zero-order chi connectivity index (χ0) is 12.7. The van der Waals surface area contributed by atoms with Crippen LogP contribution in [0.5, 0.6) is 0 Å². The van der Waals surface area contributed by atoms with Gasteiger partial charge in [-0.25, -0.2) is 4.98 Å². The molecule has 0 aliphatic rings. The third-order valence-electron chi connectivity index (χ3n) is 3.33. The van der Waals surface area contributed by atoms with Gasteiger partial charge in [0.25, 0.3) is 0 Å². The number of nitrogens with zero attached hydrogens (tertiary/aromatic N) is 2. The van der Waals surface area contributed by atoms with Crippen LogP contribution in [0.2, 0.25) is 0 Å². The molecule has 0 radical (unpaired) electrons. The van der Waals surface area contributed by atoms with E-state index < -0.39 is 0 Å². The second-order valence-electron chi connectivity index (χ2n) is 4.34. The van der Waals surface area contributed by atoms with E-state index in [9.17, 15) is 0 Å². The molecule has 0 atom stereocenters. The molecule has 96 valence electrons. The molecule has 0 aliphatic carbocycles. The molecule has 0 bridgehead atoms. The van der Waals surface area contributed by atoms with Crippen molar-refractivity contribution in [2.24, 2.45) is 5.92 Å². The standard InChI is InChI=1S/C14H23BrN2/c1-4-12(5-2)11-17(6-3)14-13(10-15)8-7-9-16-14/h7-9,12H,4-6,10-11H2,1-3H3. The van der Waals surface area contributed by atoms with Crippen molar-refractivity contribution in [2.75, 3.05) is 18.0 Å². The highest BCUT2D eigenvalue weighted by atomic mass is 79.9. The average Bonchev–Trinajstić information content (AvgIpc) is 2.40. The molecular weight excluding hydrogens is 276 g/mol. The van der Waals surface area contributed by atoms with Crippen molar-refractivity contribution in [3.63, 3.8) is 0 Å². The van der Waals surface area contributed by atoms with Gasteiger partial charge in [-0.3, -0.25) is 0 Å². The first-order valence-corrected chi connectivity index (χ1v) is 7.63. The molecule has 17 heavy (non-hydrogen) atoms. The number of aromatic nitrogens is 1. The molecule has 0 saturated heterocycles. The smallest absolute Gasteiger partial charge is 0.132 e. The highest BCUT2D eigenvalue weighted by molar-refractivity contribution is 9.08. The topological polar surface area (TPSA) is 16.1 Å². The molecule has 0 saturated carbocycles. The van der Waals surface area contributed by atoms with Gasteiger partial charge in [-0.1, -0.05) is 48.7 Å². The Labute approximate surface area is 114 Å². The van der Waals surface area contributed by atoms with E-state index in [1.54, 1.807) is 0 Å². The molecule has 0 aromatic carbocycles. The lowest BCUT2D eigenvalue weighted by Gasteiger charge is -2.27. The van der Waals surface area contributed by atoms with Crippen molar-refractivity contribution in [2.45, 2.75) is 38.9 Å². The number of pyridine rings is 1. The van der Waals surface area contributed by atoms with Gasteiger partial charge in [0.1, 0.15) is 5.82 Å². The van der Waals surface area contributed by atoms with E-state index in [1.807, 2.05) is 12.3 Å². The van der Waals surface area contributed by atoms with Crippen LogP contribution in [0.4, 0.5) is 5.82 Å². The number of rotatable bonds is 7. The zero-order valence-corrected chi connectivity index (χ0v) is 12.7.